The summed E-state index contributed by atoms with van der Waals surface area (Å²) < 4.78 is 18.9. The topological polar surface area (TPSA) is 32.8 Å². The second kappa shape index (κ2) is 7.63. The number of hydrogen-bond donors (Lipinski definition) is 0. The predicted octanol–water partition coefficient (Wildman–Crippen LogP) is 4.50. The van der Waals surface area contributed by atoms with Crippen LogP contribution in [0.4, 0.5) is 9.18 Å². The van der Waals surface area contributed by atoms with Crippen molar-refractivity contribution >= 4 is 6.09 Å². The van der Waals surface area contributed by atoms with Crippen LogP contribution in [0, 0.1) is 5.82 Å². The summed E-state index contributed by atoms with van der Waals surface area (Å²) in [6, 6.07) is 7.01. The fourth-order valence-corrected chi connectivity index (χ4v) is 4.78. The van der Waals surface area contributed by atoms with E-state index in [1.54, 1.807) is 0 Å². The molecule has 4 rings (SSSR count). The number of hydrogen-bond acceptors (Lipinski definition) is 3. The second-order valence-corrected chi connectivity index (χ2v) is 8.19. The molecule has 0 N–H and O–H groups in total. The van der Waals surface area contributed by atoms with Crippen molar-refractivity contribution < 1.29 is 13.9 Å². The van der Waals surface area contributed by atoms with Gasteiger partial charge in [-0.05, 0) is 37.0 Å². The number of rotatable bonds is 4. The average molecular weight is 372 g/mol. The number of ether oxygens (including phenoxy) is 1. The largest absolute Gasteiger partial charge is 0.436 e. The molecule has 1 amide bonds. The summed E-state index contributed by atoms with van der Waals surface area (Å²) in [5.74, 6) is -0.192. The van der Waals surface area contributed by atoms with Crippen LogP contribution in [-0.4, -0.2) is 47.2 Å². The molecule has 0 atom stereocenters. The summed E-state index contributed by atoms with van der Waals surface area (Å²) in [6.45, 7) is 7.02. The van der Waals surface area contributed by atoms with Crippen LogP contribution in [0.1, 0.15) is 50.5 Å². The van der Waals surface area contributed by atoms with Crippen molar-refractivity contribution in [3.63, 3.8) is 0 Å². The maximum Gasteiger partial charge on any atom is 0.415 e. The lowest BCUT2D eigenvalue weighted by atomic mass is 9.86. The fraction of sp³-hybridized carbons (Fsp3) is 0.591. The third-order valence-electron chi connectivity index (χ3n) is 6.53. The van der Waals surface area contributed by atoms with E-state index in [4.69, 9.17) is 4.74 Å². The zero-order valence-corrected chi connectivity index (χ0v) is 16.0. The number of likely N-dealkylation sites (tertiary alicyclic amines) is 1. The Morgan fingerprint density at radius 3 is 2.44 bits per heavy atom. The molecule has 1 spiro atoms. The average Bonchev–Trinajstić information content (AvgIpc) is 2.93. The van der Waals surface area contributed by atoms with Crippen molar-refractivity contribution in [3.05, 3.63) is 47.9 Å². The number of carbonyl (C=O) groups is 1. The van der Waals surface area contributed by atoms with Gasteiger partial charge in [0.15, 0.2) is 5.60 Å². The van der Waals surface area contributed by atoms with Crippen LogP contribution < -0.4 is 0 Å². The molecule has 1 aromatic carbocycles. The van der Waals surface area contributed by atoms with E-state index in [2.05, 4.69) is 11.5 Å². The number of nitrogens with zero attached hydrogens (tertiary/aromatic N) is 2. The summed E-state index contributed by atoms with van der Waals surface area (Å²) in [4.78, 5) is 16.8. The van der Waals surface area contributed by atoms with Gasteiger partial charge in [0.1, 0.15) is 5.82 Å². The maximum atomic E-state index is 13.0. The second-order valence-electron chi connectivity index (χ2n) is 8.19. The van der Waals surface area contributed by atoms with Gasteiger partial charge in [0.25, 0.3) is 0 Å². The molecule has 1 aliphatic carbocycles. The predicted molar refractivity (Wildman–Crippen MR) is 103 cm³/mol. The Labute approximate surface area is 161 Å². The molecule has 0 aromatic heterocycles. The van der Waals surface area contributed by atoms with E-state index >= 15 is 0 Å². The molecule has 4 nitrogen and oxygen atoms in total. The van der Waals surface area contributed by atoms with Crippen LogP contribution in [-0.2, 0) is 11.2 Å². The molecule has 27 heavy (non-hydrogen) atoms. The zero-order chi connectivity index (χ0) is 18.9. The van der Waals surface area contributed by atoms with Gasteiger partial charge in [0.05, 0.1) is 5.70 Å². The van der Waals surface area contributed by atoms with Crippen molar-refractivity contribution in [2.45, 2.75) is 63.0 Å². The molecule has 3 fully saturated rings. The van der Waals surface area contributed by atoms with E-state index in [1.807, 2.05) is 17.0 Å². The molecule has 3 aliphatic rings. The molecule has 0 unspecified atom stereocenters. The highest BCUT2D eigenvalue weighted by atomic mass is 19.1. The Bertz CT molecular complexity index is 689. The third kappa shape index (κ3) is 3.75. The quantitative estimate of drug-likeness (QED) is 0.780. The summed E-state index contributed by atoms with van der Waals surface area (Å²) in [5.41, 5.74) is 1.54. The number of piperidine rings is 1. The molecule has 1 aromatic rings. The van der Waals surface area contributed by atoms with Gasteiger partial charge in [-0.15, -0.1) is 0 Å². The first-order chi connectivity index (χ1) is 13.1. The number of halogens is 1. The van der Waals surface area contributed by atoms with Crippen LogP contribution in [0.2, 0.25) is 0 Å². The molecule has 2 heterocycles. The minimum atomic E-state index is -0.499. The van der Waals surface area contributed by atoms with Gasteiger partial charge in [0, 0.05) is 38.5 Å². The highest BCUT2D eigenvalue weighted by molar-refractivity contribution is 5.75. The van der Waals surface area contributed by atoms with E-state index in [9.17, 15) is 9.18 Å². The SMILES string of the molecule is C=C1N(C2CCCCC2)C(=O)OC12CCN(CCc1ccc(F)cc1)CC2. The Morgan fingerprint density at radius 1 is 1.11 bits per heavy atom. The Hall–Kier alpha value is -1.88. The number of amides is 1. The summed E-state index contributed by atoms with van der Waals surface area (Å²) in [6.07, 6.45) is 8.10. The summed E-state index contributed by atoms with van der Waals surface area (Å²) >= 11 is 0. The minimum absolute atomic E-state index is 0.188. The first kappa shape index (κ1) is 18.5. The van der Waals surface area contributed by atoms with Gasteiger partial charge in [-0.1, -0.05) is 38.0 Å². The minimum Gasteiger partial charge on any atom is -0.436 e. The molecule has 2 aliphatic heterocycles. The van der Waals surface area contributed by atoms with Crippen molar-refractivity contribution in [1.82, 2.24) is 9.80 Å². The molecular formula is C22H29FN2O2. The van der Waals surface area contributed by atoms with E-state index in [1.165, 1.54) is 31.4 Å². The lowest BCUT2D eigenvalue weighted by molar-refractivity contribution is 0.0149. The van der Waals surface area contributed by atoms with Crippen molar-refractivity contribution in [1.29, 1.82) is 0 Å². The molecule has 1 saturated carbocycles. The van der Waals surface area contributed by atoms with E-state index in [-0.39, 0.29) is 18.0 Å². The van der Waals surface area contributed by atoms with Gasteiger partial charge in [-0.3, -0.25) is 4.90 Å². The molecule has 0 radical (unpaired) electrons. The molecular weight excluding hydrogens is 343 g/mol. The zero-order valence-electron chi connectivity index (χ0n) is 16.0. The normalized spacial score (nSPS) is 23.8. The number of carbonyl (C=O) groups excluding carboxylic acids is 1. The van der Waals surface area contributed by atoms with Crippen LogP contribution >= 0.6 is 0 Å². The first-order valence-corrected chi connectivity index (χ1v) is 10.3. The van der Waals surface area contributed by atoms with Crippen molar-refractivity contribution in [2.24, 2.45) is 0 Å². The monoisotopic (exact) mass is 372 g/mol. The summed E-state index contributed by atoms with van der Waals surface area (Å²) in [7, 11) is 0. The van der Waals surface area contributed by atoms with Gasteiger partial charge in [-0.2, -0.15) is 0 Å². The van der Waals surface area contributed by atoms with Crippen LogP contribution in [0.25, 0.3) is 0 Å². The number of benzene rings is 1. The Balaban J connectivity index is 1.33. The van der Waals surface area contributed by atoms with E-state index in [0.717, 1.165) is 63.0 Å². The molecule has 5 heteroatoms. The van der Waals surface area contributed by atoms with Crippen LogP contribution in [0.5, 0.6) is 0 Å². The Morgan fingerprint density at radius 2 is 1.78 bits per heavy atom. The van der Waals surface area contributed by atoms with Crippen molar-refractivity contribution in [2.75, 3.05) is 19.6 Å². The Kier molecular flexibility index (Phi) is 5.22. The van der Waals surface area contributed by atoms with E-state index < -0.39 is 5.60 Å². The van der Waals surface area contributed by atoms with Gasteiger partial charge >= 0.3 is 6.09 Å². The highest BCUT2D eigenvalue weighted by Gasteiger charge is 2.52. The lowest BCUT2D eigenvalue weighted by Crippen LogP contribution is -2.46. The molecule has 2 saturated heterocycles. The maximum absolute atomic E-state index is 13.0. The van der Waals surface area contributed by atoms with Crippen molar-refractivity contribution in [3.8, 4) is 0 Å². The van der Waals surface area contributed by atoms with E-state index in [0.29, 0.717) is 0 Å². The lowest BCUT2D eigenvalue weighted by Gasteiger charge is -2.39. The third-order valence-corrected chi connectivity index (χ3v) is 6.53. The van der Waals surface area contributed by atoms with Crippen LogP contribution in [0.3, 0.4) is 0 Å². The smallest absolute Gasteiger partial charge is 0.415 e. The molecule has 146 valence electrons. The molecule has 0 bridgehead atoms. The fourth-order valence-electron chi connectivity index (χ4n) is 4.78. The van der Waals surface area contributed by atoms with Gasteiger partial charge in [-0.25, -0.2) is 9.18 Å². The van der Waals surface area contributed by atoms with Gasteiger partial charge < -0.3 is 9.64 Å². The standard InChI is InChI=1S/C22H29FN2O2/c1-17-22(27-21(26)25(17)20-5-3-2-4-6-20)12-15-24(16-13-22)14-11-18-7-9-19(23)10-8-18/h7-10,20H,1-6,11-16H2. The van der Waals surface area contributed by atoms with Gasteiger partial charge in [0.2, 0.25) is 0 Å². The highest BCUT2D eigenvalue weighted by Crippen LogP contribution is 2.43. The first-order valence-electron chi connectivity index (χ1n) is 10.3. The summed E-state index contributed by atoms with van der Waals surface area (Å²) in [5, 5.41) is 0. The van der Waals surface area contributed by atoms with Crippen LogP contribution in [0.15, 0.2) is 36.5 Å².